The molecule has 1 aliphatic carbocycles. The van der Waals surface area contributed by atoms with E-state index in [2.05, 4.69) is 41.3 Å². The molecule has 25 heavy (non-hydrogen) atoms. The third kappa shape index (κ3) is 3.34. The van der Waals surface area contributed by atoms with Crippen molar-refractivity contribution < 1.29 is 9.53 Å². The van der Waals surface area contributed by atoms with Gasteiger partial charge < -0.3 is 14.5 Å². The Hall–Kier alpha value is -2.49. The first kappa shape index (κ1) is 16.0. The molecule has 2 aromatic carbocycles. The summed E-state index contributed by atoms with van der Waals surface area (Å²) in [6.07, 6.45) is 0.999. The van der Waals surface area contributed by atoms with Gasteiger partial charge in [0.1, 0.15) is 5.75 Å². The molecule has 1 heterocycles. The van der Waals surface area contributed by atoms with Crippen LogP contribution in [0.25, 0.3) is 0 Å². The van der Waals surface area contributed by atoms with Crippen LogP contribution in [0.5, 0.6) is 5.75 Å². The third-order valence-electron chi connectivity index (χ3n) is 5.35. The van der Waals surface area contributed by atoms with Gasteiger partial charge in [-0.05, 0) is 30.0 Å². The van der Waals surface area contributed by atoms with E-state index in [1.807, 2.05) is 23.1 Å². The van der Waals surface area contributed by atoms with Gasteiger partial charge in [-0.2, -0.15) is 0 Å². The second kappa shape index (κ2) is 6.79. The Morgan fingerprint density at radius 3 is 2.48 bits per heavy atom. The molecule has 0 spiro atoms. The highest BCUT2D eigenvalue weighted by atomic mass is 16.5. The Kier molecular flexibility index (Phi) is 4.35. The Balaban J connectivity index is 1.34. The van der Waals surface area contributed by atoms with Crippen LogP contribution in [0.15, 0.2) is 54.6 Å². The van der Waals surface area contributed by atoms with E-state index in [1.165, 1.54) is 11.3 Å². The summed E-state index contributed by atoms with van der Waals surface area (Å²) in [5.74, 6) is 1.81. The largest absolute Gasteiger partial charge is 0.497 e. The van der Waals surface area contributed by atoms with Crippen molar-refractivity contribution in [3.05, 3.63) is 60.2 Å². The predicted molar refractivity (Wildman–Crippen MR) is 99.1 cm³/mol. The number of piperazine rings is 1. The standard InChI is InChI=1S/C21H24N2O2/c1-25-18-9-5-8-17(14-18)22-10-12-23(13-11-22)21(24)20-15-19(20)16-6-3-2-4-7-16/h2-9,14,19-20H,10-13,15H2,1H3/t19-,20+/m1/s1. The van der Waals surface area contributed by atoms with Crippen molar-refractivity contribution in [1.29, 1.82) is 0 Å². The van der Waals surface area contributed by atoms with Gasteiger partial charge >= 0.3 is 0 Å². The number of carbonyl (C=O) groups excluding carboxylic acids is 1. The van der Waals surface area contributed by atoms with Crippen LogP contribution in [-0.2, 0) is 4.79 Å². The molecule has 0 radical (unpaired) electrons. The lowest BCUT2D eigenvalue weighted by Gasteiger charge is -2.36. The second-order valence-corrected chi connectivity index (χ2v) is 6.87. The van der Waals surface area contributed by atoms with Crippen molar-refractivity contribution >= 4 is 11.6 Å². The van der Waals surface area contributed by atoms with Gasteiger partial charge in [0.15, 0.2) is 0 Å². The van der Waals surface area contributed by atoms with E-state index >= 15 is 0 Å². The molecule has 0 unspecified atom stereocenters. The molecule has 0 aromatic heterocycles. The SMILES string of the molecule is COc1cccc(N2CCN(C(=O)[C@H]3C[C@@H]3c3ccccc3)CC2)c1. The topological polar surface area (TPSA) is 32.8 Å². The lowest BCUT2D eigenvalue weighted by Crippen LogP contribution is -2.49. The highest BCUT2D eigenvalue weighted by Gasteiger charge is 2.45. The number of nitrogens with zero attached hydrogens (tertiary/aromatic N) is 2. The van der Waals surface area contributed by atoms with Crippen LogP contribution in [0.3, 0.4) is 0 Å². The molecule has 0 N–H and O–H groups in total. The molecular formula is C21H24N2O2. The number of methoxy groups -OCH3 is 1. The van der Waals surface area contributed by atoms with E-state index in [0.29, 0.717) is 11.8 Å². The van der Waals surface area contributed by atoms with Gasteiger partial charge in [-0.3, -0.25) is 4.79 Å². The third-order valence-corrected chi connectivity index (χ3v) is 5.35. The van der Waals surface area contributed by atoms with E-state index in [9.17, 15) is 4.79 Å². The van der Waals surface area contributed by atoms with Crippen molar-refractivity contribution in [3.63, 3.8) is 0 Å². The number of rotatable bonds is 4. The molecule has 1 saturated heterocycles. The van der Waals surface area contributed by atoms with Gasteiger partial charge in [-0.15, -0.1) is 0 Å². The second-order valence-electron chi connectivity index (χ2n) is 6.87. The van der Waals surface area contributed by atoms with Crippen molar-refractivity contribution in [2.75, 3.05) is 38.2 Å². The van der Waals surface area contributed by atoms with Crippen LogP contribution in [0.4, 0.5) is 5.69 Å². The molecule has 130 valence electrons. The van der Waals surface area contributed by atoms with E-state index in [4.69, 9.17) is 4.74 Å². The van der Waals surface area contributed by atoms with Crippen LogP contribution in [0.1, 0.15) is 17.9 Å². The van der Waals surface area contributed by atoms with E-state index in [0.717, 1.165) is 38.3 Å². The highest BCUT2D eigenvalue weighted by Crippen LogP contribution is 2.48. The molecule has 4 heteroatoms. The zero-order valence-corrected chi connectivity index (χ0v) is 14.6. The summed E-state index contributed by atoms with van der Waals surface area (Å²) in [6, 6.07) is 18.6. The van der Waals surface area contributed by atoms with Gasteiger partial charge in [0, 0.05) is 43.9 Å². The van der Waals surface area contributed by atoms with E-state index < -0.39 is 0 Å². The fraction of sp³-hybridized carbons (Fsp3) is 0.381. The summed E-state index contributed by atoms with van der Waals surface area (Å²) in [4.78, 5) is 17.1. The number of carbonyl (C=O) groups is 1. The van der Waals surface area contributed by atoms with Gasteiger partial charge in [0.05, 0.1) is 7.11 Å². The molecule has 1 amide bonds. The molecular weight excluding hydrogens is 312 g/mol. The first-order chi connectivity index (χ1) is 12.3. The molecule has 4 rings (SSSR count). The minimum atomic E-state index is 0.186. The van der Waals surface area contributed by atoms with Crippen LogP contribution in [0, 0.1) is 5.92 Å². The summed E-state index contributed by atoms with van der Waals surface area (Å²) in [5.41, 5.74) is 2.47. The Morgan fingerprint density at radius 2 is 1.76 bits per heavy atom. The average Bonchev–Trinajstić information content (AvgIpc) is 3.49. The van der Waals surface area contributed by atoms with Gasteiger partial charge in [-0.1, -0.05) is 36.4 Å². The van der Waals surface area contributed by atoms with E-state index in [-0.39, 0.29) is 5.92 Å². The van der Waals surface area contributed by atoms with Gasteiger partial charge in [0.25, 0.3) is 0 Å². The quantitative estimate of drug-likeness (QED) is 0.860. The summed E-state index contributed by atoms with van der Waals surface area (Å²) in [7, 11) is 1.69. The zero-order chi connectivity index (χ0) is 17.2. The van der Waals surface area contributed by atoms with Crippen LogP contribution < -0.4 is 9.64 Å². The lowest BCUT2D eigenvalue weighted by molar-refractivity contribution is -0.132. The Morgan fingerprint density at radius 1 is 1.00 bits per heavy atom. The molecule has 2 atom stereocenters. The molecule has 1 aliphatic heterocycles. The number of benzene rings is 2. The monoisotopic (exact) mass is 336 g/mol. The summed E-state index contributed by atoms with van der Waals surface area (Å²) < 4.78 is 5.31. The number of anilines is 1. The maximum absolute atomic E-state index is 12.8. The first-order valence-corrected chi connectivity index (χ1v) is 8.99. The van der Waals surface area contributed by atoms with Gasteiger partial charge in [0.2, 0.25) is 5.91 Å². The highest BCUT2D eigenvalue weighted by molar-refractivity contribution is 5.83. The number of hydrogen-bond acceptors (Lipinski definition) is 3. The minimum Gasteiger partial charge on any atom is -0.497 e. The maximum atomic E-state index is 12.8. The fourth-order valence-electron chi connectivity index (χ4n) is 3.76. The van der Waals surface area contributed by atoms with Crippen LogP contribution >= 0.6 is 0 Å². The molecule has 2 aromatic rings. The van der Waals surface area contributed by atoms with E-state index in [1.54, 1.807) is 7.11 Å². The maximum Gasteiger partial charge on any atom is 0.226 e. The smallest absolute Gasteiger partial charge is 0.226 e. The zero-order valence-electron chi connectivity index (χ0n) is 14.6. The molecule has 0 bridgehead atoms. The lowest BCUT2D eigenvalue weighted by atomic mass is 10.1. The summed E-state index contributed by atoms with van der Waals surface area (Å²) >= 11 is 0. The van der Waals surface area contributed by atoms with Crippen molar-refractivity contribution in [2.45, 2.75) is 12.3 Å². The molecule has 4 nitrogen and oxygen atoms in total. The summed E-state index contributed by atoms with van der Waals surface area (Å²) in [6.45, 7) is 3.35. The number of hydrogen-bond donors (Lipinski definition) is 0. The average molecular weight is 336 g/mol. The first-order valence-electron chi connectivity index (χ1n) is 8.99. The van der Waals surface area contributed by atoms with Crippen LogP contribution in [0.2, 0.25) is 0 Å². The van der Waals surface area contributed by atoms with Crippen molar-refractivity contribution in [1.82, 2.24) is 4.90 Å². The Bertz CT molecular complexity index is 739. The van der Waals surface area contributed by atoms with Crippen LogP contribution in [-0.4, -0.2) is 44.1 Å². The Labute approximate surface area is 149 Å². The minimum absolute atomic E-state index is 0.186. The normalized spacial score (nSPS) is 22.6. The number of amides is 1. The molecule has 2 aliphatic rings. The molecule has 1 saturated carbocycles. The van der Waals surface area contributed by atoms with Crippen molar-refractivity contribution in [2.24, 2.45) is 5.92 Å². The van der Waals surface area contributed by atoms with Crippen molar-refractivity contribution in [3.8, 4) is 5.75 Å². The summed E-state index contributed by atoms with van der Waals surface area (Å²) in [5, 5.41) is 0. The number of ether oxygens (including phenoxy) is 1. The van der Waals surface area contributed by atoms with Gasteiger partial charge in [-0.25, -0.2) is 0 Å². The fourth-order valence-corrected chi connectivity index (χ4v) is 3.76. The molecule has 2 fully saturated rings. The predicted octanol–water partition coefficient (Wildman–Crippen LogP) is 3.15.